The number of nitrogens with two attached hydrogens (primary N) is 1. The number of hydrogen-bond acceptors (Lipinski definition) is 1. The number of rotatable bonds is 1. The van der Waals surface area contributed by atoms with E-state index in [1.807, 2.05) is 0 Å². The fourth-order valence-electron chi connectivity index (χ4n) is 1.93. The van der Waals surface area contributed by atoms with Crippen LogP contribution in [0.15, 0.2) is 36.4 Å². The zero-order valence-corrected chi connectivity index (χ0v) is 8.61. The molecule has 1 aliphatic carbocycles. The summed E-state index contributed by atoms with van der Waals surface area (Å²) in [4.78, 5) is 0. The van der Waals surface area contributed by atoms with E-state index in [4.69, 9.17) is 5.73 Å². The molecule has 0 fully saturated rings. The van der Waals surface area contributed by atoms with E-state index in [0.29, 0.717) is 5.92 Å². The Morgan fingerprint density at radius 1 is 1.07 bits per heavy atom. The molecule has 1 aliphatic rings. The van der Waals surface area contributed by atoms with Crippen molar-refractivity contribution in [3.63, 3.8) is 0 Å². The van der Waals surface area contributed by atoms with Crippen LogP contribution in [0.25, 0.3) is 0 Å². The van der Waals surface area contributed by atoms with Gasteiger partial charge in [-0.05, 0) is 25.3 Å². The topological polar surface area (TPSA) is 26.0 Å². The minimum absolute atomic E-state index is 0.275. The van der Waals surface area contributed by atoms with Gasteiger partial charge in [0.2, 0.25) is 0 Å². The molecule has 0 aromatic heterocycles. The highest BCUT2D eigenvalue weighted by Gasteiger charge is 2.13. The van der Waals surface area contributed by atoms with Crippen molar-refractivity contribution in [3.05, 3.63) is 47.5 Å². The Morgan fingerprint density at radius 3 is 2.36 bits per heavy atom. The van der Waals surface area contributed by atoms with Crippen LogP contribution < -0.4 is 5.73 Å². The molecule has 1 aromatic rings. The van der Waals surface area contributed by atoms with Crippen molar-refractivity contribution >= 4 is 0 Å². The maximum absolute atomic E-state index is 5.81. The van der Waals surface area contributed by atoms with Gasteiger partial charge in [-0.2, -0.15) is 0 Å². The molecule has 0 amide bonds. The largest absolute Gasteiger partial charge is 0.324 e. The molecule has 14 heavy (non-hydrogen) atoms. The van der Waals surface area contributed by atoms with E-state index in [2.05, 4.69) is 43.3 Å². The molecule has 0 bridgehead atoms. The van der Waals surface area contributed by atoms with Gasteiger partial charge in [-0.25, -0.2) is 0 Å². The summed E-state index contributed by atoms with van der Waals surface area (Å²) in [5.74, 6) is 0.579. The summed E-state index contributed by atoms with van der Waals surface area (Å²) in [6, 6.07) is 9.08. The second kappa shape index (κ2) is 3.97. The number of benzene rings is 1. The van der Waals surface area contributed by atoms with E-state index in [9.17, 15) is 0 Å². The van der Waals surface area contributed by atoms with E-state index < -0.39 is 0 Å². The lowest BCUT2D eigenvalue weighted by atomic mass is 9.87. The summed E-state index contributed by atoms with van der Waals surface area (Å²) in [6.07, 6.45) is 6.67. The molecule has 2 rings (SSSR count). The molecule has 0 aliphatic heterocycles. The normalized spacial score (nSPS) is 26.4. The van der Waals surface area contributed by atoms with Gasteiger partial charge in [-0.3, -0.25) is 0 Å². The third kappa shape index (κ3) is 2.05. The second-order valence-electron chi connectivity index (χ2n) is 4.14. The summed E-state index contributed by atoms with van der Waals surface area (Å²) in [7, 11) is 0. The highest BCUT2D eigenvalue weighted by molar-refractivity contribution is 5.28. The lowest BCUT2D eigenvalue weighted by Crippen LogP contribution is -2.21. The lowest BCUT2D eigenvalue weighted by Gasteiger charge is -2.20. The fraction of sp³-hybridized carbons (Fsp3) is 0.385. The van der Waals surface area contributed by atoms with Gasteiger partial charge in [0.15, 0.2) is 0 Å². The van der Waals surface area contributed by atoms with Crippen LogP contribution in [0.2, 0.25) is 0 Å². The minimum atomic E-state index is 0.275. The van der Waals surface area contributed by atoms with Gasteiger partial charge < -0.3 is 5.73 Å². The molecular weight excluding hydrogens is 170 g/mol. The Bertz CT molecular complexity index is 324. The summed E-state index contributed by atoms with van der Waals surface area (Å²) in [5, 5.41) is 0. The first-order valence-electron chi connectivity index (χ1n) is 5.26. The van der Waals surface area contributed by atoms with Crippen LogP contribution in [0.4, 0.5) is 0 Å². The van der Waals surface area contributed by atoms with E-state index >= 15 is 0 Å². The molecule has 1 heteroatoms. The van der Waals surface area contributed by atoms with Crippen LogP contribution >= 0.6 is 0 Å². The lowest BCUT2D eigenvalue weighted by molar-refractivity contribution is 0.595. The fourth-order valence-corrected chi connectivity index (χ4v) is 1.93. The van der Waals surface area contributed by atoms with Crippen LogP contribution in [0.1, 0.15) is 29.9 Å². The molecule has 2 N–H and O–H groups in total. The molecular formula is C13H17N. The third-order valence-electron chi connectivity index (χ3n) is 2.91. The summed E-state index contributed by atoms with van der Waals surface area (Å²) in [5.41, 5.74) is 8.55. The maximum Gasteiger partial charge on any atom is 0.0224 e. The maximum atomic E-state index is 5.81. The number of allylic oxidation sites excluding steroid dienone is 1. The molecule has 0 radical (unpaired) electrons. The second-order valence-corrected chi connectivity index (χ2v) is 4.14. The van der Waals surface area contributed by atoms with Gasteiger partial charge in [-0.1, -0.05) is 42.0 Å². The van der Waals surface area contributed by atoms with Crippen molar-refractivity contribution in [2.75, 3.05) is 0 Å². The quantitative estimate of drug-likeness (QED) is 0.672. The predicted molar refractivity (Wildman–Crippen MR) is 60.3 cm³/mol. The summed E-state index contributed by atoms with van der Waals surface area (Å²) >= 11 is 0. The Morgan fingerprint density at radius 2 is 1.79 bits per heavy atom. The monoisotopic (exact) mass is 187 g/mol. The standard InChI is InChI=1S/C13H17N/c1-10-2-4-11(5-3-10)12-6-8-13(14)9-7-12/h2-6,8,12-13H,7,9,14H2,1H3/t12?,13-/m1/s1. The van der Waals surface area contributed by atoms with Crippen molar-refractivity contribution < 1.29 is 0 Å². The van der Waals surface area contributed by atoms with Gasteiger partial charge in [0.1, 0.15) is 0 Å². The molecule has 1 aromatic carbocycles. The molecule has 1 unspecified atom stereocenters. The summed E-state index contributed by atoms with van der Waals surface area (Å²) in [6.45, 7) is 2.12. The highest BCUT2D eigenvalue weighted by Crippen LogP contribution is 2.27. The minimum Gasteiger partial charge on any atom is -0.324 e. The Hall–Kier alpha value is -1.08. The van der Waals surface area contributed by atoms with Gasteiger partial charge in [0.25, 0.3) is 0 Å². The average molecular weight is 187 g/mol. The SMILES string of the molecule is Cc1ccc(C2C=C[C@@H](N)CC2)cc1. The van der Waals surface area contributed by atoms with Gasteiger partial charge in [0, 0.05) is 12.0 Å². The predicted octanol–water partition coefficient (Wildman–Crippen LogP) is 2.76. The number of aryl methyl sites for hydroxylation is 1. The van der Waals surface area contributed by atoms with Crippen LogP contribution in [0.5, 0.6) is 0 Å². The van der Waals surface area contributed by atoms with E-state index in [1.54, 1.807) is 0 Å². The van der Waals surface area contributed by atoms with Crippen molar-refractivity contribution in [1.82, 2.24) is 0 Å². The average Bonchev–Trinajstić information content (AvgIpc) is 2.21. The first kappa shape index (κ1) is 9.47. The smallest absolute Gasteiger partial charge is 0.0224 e. The molecule has 74 valence electrons. The van der Waals surface area contributed by atoms with E-state index in [0.717, 1.165) is 6.42 Å². The first-order chi connectivity index (χ1) is 6.75. The number of hydrogen-bond donors (Lipinski definition) is 1. The van der Waals surface area contributed by atoms with E-state index in [1.165, 1.54) is 17.5 Å². The van der Waals surface area contributed by atoms with Crippen molar-refractivity contribution in [2.45, 2.75) is 31.7 Å². The molecule has 0 heterocycles. The summed E-state index contributed by atoms with van der Waals surface area (Å²) < 4.78 is 0. The van der Waals surface area contributed by atoms with Crippen molar-refractivity contribution in [2.24, 2.45) is 5.73 Å². The van der Waals surface area contributed by atoms with Crippen molar-refractivity contribution in [3.8, 4) is 0 Å². The van der Waals surface area contributed by atoms with Crippen LogP contribution in [-0.4, -0.2) is 6.04 Å². The molecule has 0 saturated heterocycles. The zero-order valence-electron chi connectivity index (χ0n) is 8.61. The third-order valence-corrected chi connectivity index (χ3v) is 2.91. The van der Waals surface area contributed by atoms with Crippen LogP contribution in [0, 0.1) is 6.92 Å². The van der Waals surface area contributed by atoms with Crippen molar-refractivity contribution in [1.29, 1.82) is 0 Å². The van der Waals surface area contributed by atoms with E-state index in [-0.39, 0.29) is 6.04 Å². The van der Waals surface area contributed by atoms with Crippen LogP contribution in [-0.2, 0) is 0 Å². The van der Waals surface area contributed by atoms with Gasteiger partial charge in [0.05, 0.1) is 0 Å². The molecule has 0 spiro atoms. The highest BCUT2D eigenvalue weighted by atomic mass is 14.6. The molecule has 1 nitrogen and oxygen atoms in total. The zero-order chi connectivity index (χ0) is 9.97. The Labute approximate surface area is 85.6 Å². The molecule has 0 saturated carbocycles. The van der Waals surface area contributed by atoms with Gasteiger partial charge in [-0.15, -0.1) is 0 Å². The molecule has 2 atom stereocenters. The Balaban J connectivity index is 2.16. The Kier molecular flexibility index (Phi) is 2.69. The first-order valence-corrected chi connectivity index (χ1v) is 5.26. The van der Waals surface area contributed by atoms with Crippen LogP contribution in [0.3, 0.4) is 0 Å². The van der Waals surface area contributed by atoms with Gasteiger partial charge >= 0.3 is 0 Å².